The molecule has 0 bridgehead atoms. The molecule has 0 atom stereocenters. The Hall–Kier alpha value is -3.27. The Balaban J connectivity index is 1.91. The van der Waals surface area contributed by atoms with Gasteiger partial charge in [-0.2, -0.15) is 0 Å². The first-order valence-corrected chi connectivity index (χ1v) is 11.4. The van der Waals surface area contributed by atoms with Crippen LogP contribution in [0.25, 0.3) is 0 Å². The topological polar surface area (TPSA) is 132 Å². The number of esters is 1. The minimum atomic E-state index is -3.90. The van der Waals surface area contributed by atoms with Gasteiger partial charge in [0, 0.05) is 6.20 Å². The molecule has 2 rings (SSSR count). The maximum atomic E-state index is 12.2. The van der Waals surface area contributed by atoms with Crippen LogP contribution >= 0.6 is 0 Å². The van der Waals surface area contributed by atoms with E-state index in [1.807, 2.05) is 18.6 Å². The first kappa shape index (κ1) is 24.0. The molecule has 1 heterocycles. The average Bonchev–Trinajstić information content (AvgIpc) is 2.75. The Morgan fingerprint density at radius 1 is 1.00 bits per heavy atom. The number of carbonyl (C=O) groups is 3. The number of amides is 2. The molecule has 1 aromatic heterocycles. The highest BCUT2D eigenvalue weighted by molar-refractivity contribution is 7.89. The van der Waals surface area contributed by atoms with Gasteiger partial charge in [-0.05, 0) is 30.5 Å². The number of sulfonamides is 1. The number of rotatable bonds is 10. The molecular formula is C21H25N3O6S. The van der Waals surface area contributed by atoms with E-state index in [-0.39, 0.29) is 29.7 Å². The molecule has 0 aliphatic carbocycles. The van der Waals surface area contributed by atoms with E-state index in [0.29, 0.717) is 18.4 Å². The molecule has 2 aromatic rings. The summed E-state index contributed by atoms with van der Waals surface area (Å²) in [6.07, 6.45) is 2.26. The van der Waals surface area contributed by atoms with Crippen LogP contribution in [0.3, 0.4) is 0 Å². The zero-order chi connectivity index (χ0) is 22.9. The second-order valence-corrected chi connectivity index (χ2v) is 8.44. The summed E-state index contributed by atoms with van der Waals surface area (Å²) in [7, 11) is -3.90. The van der Waals surface area contributed by atoms with Crippen molar-refractivity contribution < 1.29 is 27.5 Å². The maximum absolute atomic E-state index is 12.2. The summed E-state index contributed by atoms with van der Waals surface area (Å²) >= 11 is 0. The van der Waals surface area contributed by atoms with Crippen molar-refractivity contribution in [3.63, 3.8) is 0 Å². The lowest BCUT2D eigenvalue weighted by Gasteiger charge is -2.14. The highest BCUT2D eigenvalue weighted by Gasteiger charge is 2.18. The van der Waals surface area contributed by atoms with E-state index in [1.165, 1.54) is 12.1 Å². The number of hydrogen-bond donors (Lipinski definition) is 2. The summed E-state index contributed by atoms with van der Waals surface area (Å²) < 4.78 is 31.5. The quantitative estimate of drug-likeness (QED) is 0.531. The molecule has 2 amide bonds. The Kier molecular flexibility index (Phi) is 8.68. The van der Waals surface area contributed by atoms with Gasteiger partial charge in [-0.3, -0.25) is 19.4 Å². The van der Waals surface area contributed by atoms with Crippen molar-refractivity contribution in [3.8, 4) is 0 Å². The molecule has 10 heteroatoms. The van der Waals surface area contributed by atoms with Gasteiger partial charge in [-0.1, -0.05) is 44.2 Å². The van der Waals surface area contributed by atoms with E-state index >= 15 is 0 Å². The zero-order valence-corrected chi connectivity index (χ0v) is 18.1. The predicted octanol–water partition coefficient (Wildman–Crippen LogP) is 1.80. The van der Waals surface area contributed by atoms with Gasteiger partial charge >= 0.3 is 5.97 Å². The van der Waals surface area contributed by atoms with Gasteiger partial charge in [0.25, 0.3) is 11.8 Å². The summed E-state index contributed by atoms with van der Waals surface area (Å²) in [6.45, 7) is 3.49. The van der Waals surface area contributed by atoms with Crippen molar-refractivity contribution in [3.05, 3.63) is 65.5 Å². The third-order valence-electron chi connectivity index (χ3n) is 4.31. The van der Waals surface area contributed by atoms with E-state index in [2.05, 4.69) is 10.3 Å². The number of nitrogens with one attached hydrogen (secondary N) is 2. The predicted molar refractivity (Wildman–Crippen MR) is 114 cm³/mol. The molecule has 1 aromatic carbocycles. The van der Waals surface area contributed by atoms with Crippen LogP contribution in [0.1, 0.15) is 53.1 Å². The van der Waals surface area contributed by atoms with Crippen LogP contribution < -0.4 is 10.0 Å². The zero-order valence-electron chi connectivity index (χ0n) is 17.3. The summed E-state index contributed by atoms with van der Waals surface area (Å²) in [5.41, 5.74) is 0.482. The van der Waals surface area contributed by atoms with Gasteiger partial charge in [0.15, 0.2) is 0 Å². The molecule has 9 nitrogen and oxygen atoms in total. The number of pyridine rings is 1. The molecule has 0 fully saturated rings. The van der Waals surface area contributed by atoms with Gasteiger partial charge in [0.1, 0.15) is 18.3 Å². The summed E-state index contributed by atoms with van der Waals surface area (Å²) in [4.78, 5) is 39.9. The molecule has 0 saturated heterocycles. The highest BCUT2D eigenvalue weighted by Crippen LogP contribution is 2.07. The fourth-order valence-electron chi connectivity index (χ4n) is 2.62. The van der Waals surface area contributed by atoms with Crippen molar-refractivity contribution >= 4 is 27.8 Å². The lowest BCUT2D eigenvalue weighted by molar-refractivity contribution is -0.148. The lowest BCUT2D eigenvalue weighted by atomic mass is 10.2. The van der Waals surface area contributed by atoms with Gasteiger partial charge in [0.05, 0.1) is 11.3 Å². The second kappa shape index (κ2) is 11.2. The Morgan fingerprint density at radius 3 is 2.26 bits per heavy atom. The number of nitrogens with zero attached hydrogens (tertiary/aromatic N) is 1. The Morgan fingerprint density at radius 2 is 1.68 bits per heavy atom. The van der Waals surface area contributed by atoms with Gasteiger partial charge in [0.2, 0.25) is 10.0 Å². The van der Waals surface area contributed by atoms with Crippen molar-refractivity contribution in [1.29, 1.82) is 0 Å². The molecule has 0 radical (unpaired) electrons. The van der Waals surface area contributed by atoms with Crippen LogP contribution in [0.2, 0.25) is 0 Å². The minimum absolute atomic E-state index is 0.0265. The Labute approximate surface area is 181 Å². The number of benzene rings is 1. The fraction of sp³-hybridized carbons (Fsp3) is 0.333. The third kappa shape index (κ3) is 7.82. The molecule has 0 unspecified atom stereocenters. The molecule has 0 aliphatic rings. The van der Waals surface area contributed by atoms with E-state index in [9.17, 15) is 22.8 Å². The van der Waals surface area contributed by atoms with Crippen LogP contribution in [-0.4, -0.2) is 43.8 Å². The number of hydrogen-bond acceptors (Lipinski definition) is 7. The molecule has 166 valence electrons. The van der Waals surface area contributed by atoms with Crippen LogP contribution in [0.4, 0.5) is 0 Å². The Bertz CT molecular complexity index is 1000. The van der Waals surface area contributed by atoms with Crippen molar-refractivity contribution in [2.45, 2.75) is 38.5 Å². The van der Waals surface area contributed by atoms with Crippen molar-refractivity contribution in [2.24, 2.45) is 0 Å². The van der Waals surface area contributed by atoms with E-state index < -0.39 is 27.8 Å². The summed E-state index contributed by atoms with van der Waals surface area (Å²) in [5, 5.41) is 2.39. The minimum Gasteiger partial charge on any atom is -0.461 e. The van der Waals surface area contributed by atoms with Crippen LogP contribution in [0.15, 0.2) is 48.7 Å². The highest BCUT2D eigenvalue weighted by atomic mass is 32.2. The number of ether oxygens (including phenoxy) is 1. The van der Waals surface area contributed by atoms with Gasteiger partial charge < -0.3 is 10.1 Å². The molecule has 0 saturated carbocycles. The molecule has 0 aliphatic heterocycles. The van der Waals surface area contributed by atoms with Crippen molar-refractivity contribution in [2.75, 3.05) is 6.54 Å². The van der Waals surface area contributed by atoms with E-state index in [1.54, 1.807) is 30.3 Å². The number of carbonyl (C=O) groups excluding carboxylic acids is 3. The van der Waals surface area contributed by atoms with Gasteiger partial charge in [-0.15, -0.1) is 0 Å². The summed E-state index contributed by atoms with van der Waals surface area (Å²) in [6, 6.07) is 11.0. The standard InChI is InChI=1S/C21H25N3O6S/c1-3-17(4-2)30-19(25)13-23-21(27)18-11-10-16(12-22-18)20(26)24-31(28,29)14-15-8-6-5-7-9-15/h5-12,17H,3-4,13-14H2,1-2H3,(H,23,27)(H,24,26). The molecule has 0 spiro atoms. The van der Waals surface area contributed by atoms with Crippen LogP contribution in [0.5, 0.6) is 0 Å². The van der Waals surface area contributed by atoms with Crippen molar-refractivity contribution in [1.82, 2.24) is 15.0 Å². The first-order chi connectivity index (χ1) is 14.7. The van der Waals surface area contributed by atoms with E-state index in [4.69, 9.17) is 4.74 Å². The number of aromatic nitrogens is 1. The normalized spacial score (nSPS) is 11.1. The third-order valence-corrected chi connectivity index (χ3v) is 5.52. The average molecular weight is 448 g/mol. The fourth-order valence-corrected chi connectivity index (χ4v) is 3.72. The molecule has 31 heavy (non-hydrogen) atoms. The smallest absolute Gasteiger partial charge is 0.325 e. The van der Waals surface area contributed by atoms with Crippen LogP contribution in [-0.2, 0) is 25.3 Å². The second-order valence-electron chi connectivity index (χ2n) is 6.72. The van der Waals surface area contributed by atoms with Crippen LogP contribution in [0, 0.1) is 0 Å². The van der Waals surface area contributed by atoms with Gasteiger partial charge in [-0.25, -0.2) is 13.1 Å². The summed E-state index contributed by atoms with van der Waals surface area (Å²) in [5.74, 6) is -2.38. The first-order valence-electron chi connectivity index (χ1n) is 9.76. The van der Waals surface area contributed by atoms with E-state index in [0.717, 1.165) is 6.20 Å². The lowest BCUT2D eigenvalue weighted by Crippen LogP contribution is -2.33. The molecular weight excluding hydrogens is 422 g/mol. The SMILES string of the molecule is CCC(CC)OC(=O)CNC(=O)c1ccc(C(=O)NS(=O)(=O)Cc2ccccc2)cn1. The maximum Gasteiger partial charge on any atom is 0.325 e. The monoisotopic (exact) mass is 447 g/mol. The molecule has 2 N–H and O–H groups in total. The largest absolute Gasteiger partial charge is 0.461 e.